The van der Waals surface area contributed by atoms with Gasteiger partial charge >= 0.3 is 0 Å². The van der Waals surface area contributed by atoms with Crippen molar-refractivity contribution in [2.75, 3.05) is 0 Å². The molecule has 0 nitrogen and oxygen atoms in total. The van der Waals surface area contributed by atoms with Crippen molar-refractivity contribution in [3.63, 3.8) is 0 Å². The number of halogens is 1. The van der Waals surface area contributed by atoms with Crippen molar-refractivity contribution in [1.82, 2.24) is 0 Å². The second-order valence-corrected chi connectivity index (χ2v) is 3.25. The molecule has 51 valence electrons. The van der Waals surface area contributed by atoms with Crippen LogP contribution in [-0.4, -0.2) is 0 Å². The molecule has 1 aromatic heterocycles. The first-order valence-corrected chi connectivity index (χ1v) is 3.82. The van der Waals surface area contributed by atoms with Gasteiger partial charge in [-0.1, -0.05) is 18.5 Å². The third kappa shape index (κ3) is 3.29. The molecule has 0 atom stereocenters. The second kappa shape index (κ2) is 5.48. The van der Waals surface area contributed by atoms with Gasteiger partial charge in [-0.05, 0) is 0 Å². The van der Waals surface area contributed by atoms with Crippen molar-refractivity contribution < 1.29 is 32.7 Å². The van der Waals surface area contributed by atoms with Crippen LogP contribution >= 0.6 is 22.9 Å². The third-order valence-corrected chi connectivity index (χ3v) is 2.02. The molecule has 1 heterocycles. The topological polar surface area (TPSA) is 0 Å². The predicted molar refractivity (Wildman–Crippen MR) is 41.9 cm³/mol. The van der Waals surface area contributed by atoms with Gasteiger partial charge in [-0.2, -0.15) is 23.5 Å². The van der Waals surface area contributed by atoms with Gasteiger partial charge in [0.15, 0.2) is 0 Å². The minimum atomic E-state index is 0. The van der Waals surface area contributed by atoms with Crippen LogP contribution < -0.4 is 0 Å². The van der Waals surface area contributed by atoms with Crippen LogP contribution in [0.15, 0.2) is 18.2 Å². The number of thiophene rings is 1. The van der Waals surface area contributed by atoms with E-state index >= 15 is 0 Å². The summed E-state index contributed by atoms with van der Waals surface area (Å²) in [6.07, 6.45) is 4.91. The van der Waals surface area contributed by atoms with Gasteiger partial charge in [-0.3, -0.25) is 0 Å². The molecule has 0 spiro atoms. The van der Waals surface area contributed by atoms with Crippen molar-refractivity contribution in [3.05, 3.63) is 33.5 Å². The van der Waals surface area contributed by atoms with Crippen molar-refractivity contribution >= 4 is 22.9 Å². The first-order valence-electron chi connectivity index (χ1n) is 2.62. The minimum absolute atomic E-state index is 0. The van der Waals surface area contributed by atoms with Crippen LogP contribution in [0.2, 0.25) is 4.34 Å². The Labute approximate surface area is 95.2 Å². The Morgan fingerprint density at radius 2 is 2.30 bits per heavy atom. The van der Waals surface area contributed by atoms with Gasteiger partial charge in [0.1, 0.15) is 0 Å². The van der Waals surface area contributed by atoms with Gasteiger partial charge in [-0.15, -0.1) is 10.9 Å². The van der Waals surface area contributed by atoms with Gasteiger partial charge in [0.05, 0.1) is 4.34 Å². The Hall–Kier alpha value is 0.834. The normalized spacial score (nSPS) is 9.80. The van der Waals surface area contributed by atoms with Crippen LogP contribution in [0.4, 0.5) is 0 Å². The zero-order valence-corrected chi connectivity index (χ0v) is 10.0. The zero-order valence-electron chi connectivity index (χ0n) is 5.60. The van der Waals surface area contributed by atoms with Crippen LogP contribution in [0.25, 0.3) is 0 Å². The average Bonchev–Trinajstić information content (AvgIpc) is 2.17. The molecule has 0 bridgehead atoms. The van der Waals surface area contributed by atoms with Gasteiger partial charge in [0, 0.05) is 32.7 Å². The molecule has 10 heavy (non-hydrogen) atoms. The summed E-state index contributed by atoms with van der Waals surface area (Å²) in [5.74, 6) is 0. The molecule has 1 radical (unpaired) electrons. The maximum atomic E-state index is 5.66. The molecule has 0 unspecified atom stereocenters. The molecule has 0 saturated heterocycles. The van der Waals surface area contributed by atoms with E-state index in [0.29, 0.717) is 0 Å². The molecule has 0 aliphatic carbocycles. The summed E-state index contributed by atoms with van der Waals surface area (Å²) >= 11 is 7.20. The SMILES string of the molecule is CC=[C-]c1ccc(Cl)s1.[Y]. The number of hydrogen-bond acceptors (Lipinski definition) is 1. The number of hydrogen-bond donors (Lipinski definition) is 0. The summed E-state index contributed by atoms with van der Waals surface area (Å²) in [6.45, 7) is 1.94. The molecule has 1 aromatic rings. The minimum Gasteiger partial charge on any atom is -0.237 e. The van der Waals surface area contributed by atoms with Crippen molar-refractivity contribution in [3.8, 4) is 0 Å². The first-order chi connectivity index (χ1) is 4.33. The first kappa shape index (κ1) is 10.8. The standard InChI is InChI=1S/C7H6ClS.Y/c1-2-3-6-4-5-7(8)9-6;/h2,4-5H,1H3;/q-1;. The van der Waals surface area contributed by atoms with E-state index in [0.717, 1.165) is 9.21 Å². The quantitative estimate of drug-likeness (QED) is 0.668. The summed E-state index contributed by atoms with van der Waals surface area (Å²) < 4.78 is 0.819. The van der Waals surface area contributed by atoms with Crippen LogP contribution in [-0.2, 0) is 32.7 Å². The number of rotatable bonds is 1. The maximum Gasteiger partial charge on any atom is 0.0727 e. The van der Waals surface area contributed by atoms with E-state index in [1.807, 2.05) is 25.1 Å². The Morgan fingerprint density at radius 1 is 1.60 bits per heavy atom. The van der Waals surface area contributed by atoms with Gasteiger partial charge in [-0.25, -0.2) is 6.08 Å². The summed E-state index contributed by atoms with van der Waals surface area (Å²) in [5.41, 5.74) is 0. The van der Waals surface area contributed by atoms with E-state index in [4.69, 9.17) is 11.6 Å². The Morgan fingerprint density at radius 3 is 2.70 bits per heavy atom. The fourth-order valence-corrected chi connectivity index (χ4v) is 1.51. The summed E-state index contributed by atoms with van der Waals surface area (Å²) in [5, 5.41) is 0. The predicted octanol–water partition coefficient (Wildman–Crippen LogP) is 3.13. The molecule has 0 saturated carbocycles. The smallest absolute Gasteiger partial charge is 0.0727 e. The molecule has 3 heteroatoms. The molecule has 0 fully saturated rings. The maximum absolute atomic E-state index is 5.66. The third-order valence-electron chi connectivity index (χ3n) is 0.860. The van der Waals surface area contributed by atoms with Gasteiger partial charge in [0.25, 0.3) is 0 Å². The van der Waals surface area contributed by atoms with Crippen LogP contribution in [0.3, 0.4) is 0 Å². The Kier molecular flexibility index (Phi) is 5.94. The van der Waals surface area contributed by atoms with E-state index in [2.05, 4.69) is 6.08 Å². The van der Waals surface area contributed by atoms with Crippen molar-refractivity contribution in [2.45, 2.75) is 6.92 Å². The number of allylic oxidation sites excluding steroid dienone is 1. The summed E-state index contributed by atoms with van der Waals surface area (Å²) in [6, 6.07) is 3.82. The molecule has 0 amide bonds. The van der Waals surface area contributed by atoms with E-state index < -0.39 is 0 Å². The van der Waals surface area contributed by atoms with Crippen molar-refractivity contribution in [2.24, 2.45) is 0 Å². The van der Waals surface area contributed by atoms with Gasteiger partial charge in [0.2, 0.25) is 0 Å². The van der Waals surface area contributed by atoms with Crippen LogP contribution in [0.5, 0.6) is 0 Å². The molecule has 1 rings (SSSR count). The average molecular weight is 247 g/mol. The van der Waals surface area contributed by atoms with Crippen LogP contribution in [0.1, 0.15) is 11.8 Å². The van der Waals surface area contributed by atoms with Crippen molar-refractivity contribution in [1.29, 1.82) is 0 Å². The van der Waals surface area contributed by atoms with E-state index in [1.165, 1.54) is 11.3 Å². The molecule has 0 N–H and O–H groups in total. The Bertz CT molecular complexity index is 217. The van der Waals surface area contributed by atoms with E-state index in [1.54, 1.807) is 0 Å². The van der Waals surface area contributed by atoms with Gasteiger partial charge < -0.3 is 0 Å². The summed E-state index contributed by atoms with van der Waals surface area (Å²) in [4.78, 5) is 1.09. The monoisotopic (exact) mass is 246 g/mol. The van der Waals surface area contributed by atoms with E-state index in [9.17, 15) is 0 Å². The van der Waals surface area contributed by atoms with E-state index in [-0.39, 0.29) is 32.7 Å². The second-order valence-electron chi connectivity index (χ2n) is 1.54. The molecule has 0 aliphatic rings. The molecule has 0 aromatic carbocycles. The fourth-order valence-electron chi connectivity index (χ4n) is 0.534. The zero-order chi connectivity index (χ0) is 6.69. The molecular weight excluding hydrogens is 241 g/mol. The Balaban J connectivity index is 0.000000810. The molecule has 0 aliphatic heterocycles. The van der Waals surface area contributed by atoms with Crippen LogP contribution in [0, 0.1) is 6.08 Å². The summed E-state index contributed by atoms with van der Waals surface area (Å²) in [7, 11) is 0. The largest absolute Gasteiger partial charge is 0.237 e. The molecular formula is C7H6ClSY-. The fraction of sp³-hybridized carbons (Fsp3) is 0.143.